The van der Waals surface area contributed by atoms with E-state index in [1.165, 1.54) is 0 Å². The lowest BCUT2D eigenvalue weighted by molar-refractivity contribution is 0.290. The highest BCUT2D eigenvalue weighted by atomic mass is 16.5. The van der Waals surface area contributed by atoms with Gasteiger partial charge in [-0.25, -0.2) is 4.98 Å². The first kappa shape index (κ1) is 11.5. The van der Waals surface area contributed by atoms with Gasteiger partial charge in [-0.2, -0.15) is 0 Å². The van der Waals surface area contributed by atoms with Crippen LogP contribution in [0.15, 0.2) is 36.7 Å². The van der Waals surface area contributed by atoms with E-state index >= 15 is 0 Å². The molecule has 0 bridgehead atoms. The number of pyridine rings is 2. The lowest BCUT2D eigenvalue weighted by Gasteiger charge is -2.09. The fraction of sp³-hybridized carbons (Fsp3) is 0.231. The number of rotatable bonds is 4. The van der Waals surface area contributed by atoms with E-state index in [-0.39, 0.29) is 0 Å². The summed E-state index contributed by atoms with van der Waals surface area (Å²) in [5, 5.41) is 0. The summed E-state index contributed by atoms with van der Waals surface area (Å²) in [6, 6.07) is 7.71. The van der Waals surface area contributed by atoms with Crippen molar-refractivity contribution in [3.05, 3.63) is 53.5 Å². The molecule has 0 unspecified atom stereocenters. The zero-order chi connectivity index (χ0) is 12.1. The Kier molecular flexibility index (Phi) is 3.67. The highest BCUT2D eigenvalue weighted by Gasteiger charge is 2.04. The van der Waals surface area contributed by atoms with Crippen LogP contribution in [-0.4, -0.2) is 9.97 Å². The second kappa shape index (κ2) is 5.41. The molecule has 2 heterocycles. The molecule has 0 aromatic carbocycles. The summed E-state index contributed by atoms with van der Waals surface area (Å²) < 4.78 is 5.68. The minimum absolute atomic E-state index is 0.430. The third-order valence-electron chi connectivity index (χ3n) is 2.42. The Morgan fingerprint density at radius 2 is 1.94 bits per heavy atom. The maximum absolute atomic E-state index is 5.68. The zero-order valence-corrected chi connectivity index (χ0v) is 9.76. The average molecular weight is 229 g/mol. The topological polar surface area (TPSA) is 61.0 Å². The van der Waals surface area contributed by atoms with Crippen LogP contribution in [0, 0.1) is 6.92 Å². The van der Waals surface area contributed by atoms with Crippen LogP contribution < -0.4 is 10.5 Å². The van der Waals surface area contributed by atoms with Crippen molar-refractivity contribution in [2.45, 2.75) is 20.1 Å². The number of aromatic nitrogens is 2. The van der Waals surface area contributed by atoms with Crippen LogP contribution in [0.4, 0.5) is 0 Å². The maximum atomic E-state index is 5.68. The van der Waals surface area contributed by atoms with Gasteiger partial charge in [-0.05, 0) is 30.7 Å². The van der Waals surface area contributed by atoms with Gasteiger partial charge in [-0.1, -0.05) is 6.07 Å². The summed E-state index contributed by atoms with van der Waals surface area (Å²) >= 11 is 0. The Morgan fingerprint density at radius 3 is 2.65 bits per heavy atom. The standard InChI is InChI=1S/C13H15N3O/c1-10-2-3-12(8-14)13(16-10)17-9-11-4-6-15-7-5-11/h2-7H,8-9,14H2,1H3. The van der Waals surface area contributed by atoms with Crippen molar-refractivity contribution in [2.24, 2.45) is 5.73 Å². The summed E-state index contributed by atoms with van der Waals surface area (Å²) in [6.45, 7) is 2.84. The van der Waals surface area contributed by atoms with Gasteiger partial charge in [0.1, 0.15) is 6.61 Å². The molecule has 2 N–H and O–H groups in total. The van der Waals surface area contributed by atoms with E-state index in [2.05, 4.69) is 9.97 Å². The van der Waals surface area contributed by atoms with Gasteiger partial charge in [-0.15, -0.1) is 0 Å². The van der Waals surface area contributed by atoms with Gasteiger partial charge >= 0.3 is 0 Å². The molecule has 0 aliphatic rings. The van der Waals surface area contributed by atoms with Crippen molar-refractivity contribution in [2.75, 3.05) is 0 Å². The molecule has 0 saturated heterocycles. The smallest absolute Gasteiger partial charge is 0.218 e. The van der Waals surface area contributed by atoms with Gasteiger partial charge in [-0.3, -0.25) is 4.98 Å². The molecule has 0 atom stereocenters. The quantitative estimate of drug-likeness (QED) is 0.868. The molecule has 0 saturated carbocycles. The summed E-state index contributed by atoms with van der Waals surface area (Å²) in [5.41, 5.74) is 8.55. The van der Waals surface area contributed by atoms with Gasteiger partial charge in [0.05, 0.1) is 0 Å². The minimum atomic E-state index is 0.430. The van der Waals surface area contributed by atoms with Crippen molar-refractivity contribution in [3.8, 4) is 5.88 Å². The van der Waals surface area contributed by atoms with E-state index < -0.39 is 0 Å². The molecule has 0 aliphatic carbocycles. The van der Waals surface area contributed by atoms with Crippen LogP contribution in [0.25, 0.3) is 0 Å². The molecular formula is C13H15N3O. The predicted molar refractivity (Wildman–Crippen MR) is 65.4 cm³/mol. The normalized spacial score (nSPS) is 10.2. The van der Waals surface area contributed by atoms with E-state index in [4.69, 9.17) is 10.5 Å². The number of nitrogens with two attached hydrogens (primary N) is 1. The summed E-state index contributed by atoms with van der Waals surface area (Å²) in [5.74, 6) is 0.615. The SMILES string of the molecule is Cc1ccc(CN)c(OCc2ccncc2)n1. The van der Waals surface area contributed by atoms with E-state index in [9.17, 15) is 0 Å². The van der Waals surface area contributed by atoms with Crippen LogP contribution >= 0.6 is 0 Å². The predicted octanol–water partition coefficient (Wildman–Crippen LogP) is 1.82. The molecule has 0 fully saturated rings. The Bertz CT molecular complexity index is 485. The third-order valence-corrected chi connectivity index (χ3v) is 2.42. The molecule has 0 radical (unpaired) electrons. The molecule has 17 heavy (non-hydrogen) atoms. The van der Waals surface area contributed by atoms with Crippen LogP contribution in [0.1, 0.15) is 16.8 Å². The molecular weight excluding hydrogens is 214 g/mol. The molecule has 0 aliphatic heterocycles. The van der Waals surface area contributed by atoms with Crippen molar-refractivity contribution in [3.63, 3.8) is 0 Å². The van der Waals surface area contributed by atoms with Gasteiger partial charge in [0, 0.05) is 30.2 Å². The fourth-order valence-corrected chi connectivity index (χ4v) is 1.47. The molecule has 4 heteroatoms. The number of hydrogen-bond acceptors (Lipinski definition) is 4. The molecule has 0 amide bonds. The Morgan fingerprint density at radius 1 is 1.18 bits per heavy atom. The monoisotopic (exact) mass is 229 g/mol. The van der Waals surface area contributed by atoms with Crippen molar-refractivity contribution in [1.82, 2.24) is 9.97 Å². The van der Waals surface area contributed by atoms with Crippen molar-refractivity contribution in [1.29, 1.82) is 0 Å². The second-order valence-electron chi connectivity index (χ2n) is 3.77. The number of ether oxygens (including phenoxy) is 1. The first-order valence-electron chi connectivity index (χ1n) is 5.48. The number of nitrogens with zero attached hydrogens (tertiary/aromatic N) is 2. The molecule has 88 valence electrons. The van der Waals surface area contributed by atoms with Crippen molar-refractivity contribution >= 4 is 0 Å². The Hall–Kier alpha value is -1.94. The summed E-state index contributed by atoms with van der Waals surface area (Å²) in [6.07, 6.45) is 3.48. The van der Waals surface area contributed by atoms with Gasteiger partial charge in [0.2, 0.25) is 5.88 Å². The summed E-state index contributed by atoms with van der Waals surface area (Å²) in [4.78, 5) is 8.30. The first-order valence-corrected chi connectivity index (χ1v) is 5.48. The third kappa shape index (κ3) is 3.01. The highest BCUT2D eigenvalue weighted by Crippen LogP contribution is 2.16. The number of aryl methyl sites for hydroxylation is 1. The van der Waals surface area contributed by atoms with Crippen LogP contribution in [0.5, 0.6) is 5.88 Å². The van der Waals surface area contributed by atoms with Gasteiger partial charge in [0.25, 0.3) is 0 Å². The molecule has 0 spiro atoms. The number of hydrogen-bond donors (Lipinski definition) is 1. The zero-order valence-electron chi connectivity index (χ0n) is 9.76. The summed E-state index contributed by atoms with van der Waals surface area (Å²) in [7, 11) is 0. The average Bonchev–Trinajstić information content (AvgIpc) is 2.38. The minimum Gasteiger partial charge on any atom is -0.473 e. The lowest BCUT2D eigenvalue weighted by Crippen LogP contribution is -2.05. The molecule has 4 nitrogen and oxygen atoms in total. The van der Waals surface area contributed by atoms with Crippen LogP contribution in [-0.2, 0) is 13.2 Å². The lowest BCUT2D eigenvalue weighted by atomic mass is 10.2. The fourth-order valence-electron chi connectivity index (χ4n) is 1.47. The second-order valence-corrected chi connectivity index (χ2v) is 3.77. The van der Waals surface area contributed by atoms with Gasteiger partial charge < -0.3 is 10.5 Å². The molecule has 2 rings (SSSR count). The van der Waals surface area contributed by atoms with E-state index in [1.807, 2.05) is 31.2 Å². The first-order chi connectivity index (χ1) is 8.29. The molecule has 2 aromatic heterocycles. The molecule has 2 aromatic rings. The largest absolute Gasteiger partial charge is 0.473 e. The van der Waals surface area contributed by atoms with E-state index in [1.54, 1.807) is 12.4 Å². The highest BCUT2D eigenvalue weighted by molar-refractivity contribution is 5.28. The van der Waals surface area contributed by atoms with Crippen LogP contribution in [0.3, 0.4) is 0 Å². The van der Waals surface area contributed by atoms with Gasteiger partial charge in [0.15, 0.2) is 0 Å². The van der Waals surface area contributed by atoms with Crippen molar-refractivity contribution < 1.29 is 4.74 Å². The Labute approximate surface area is 100 Å². The van der Waals surface area contributed by atoms with E-state index in [0.29, 0.717) is 19.0 Å². The van der Waals surface area contributed by atoms with Crippen LogP contribution in [0.2, 0.25) is 0 Å². The van der Waals surface area contributed by atoms with E-state index in [0.717, 1.165) is 16.8 Å². The Balaban J connectivity index is 2.11. The maximum Gasteiger partial charge on any atom is 0.218 e.